The molecule has 2 nitrogen and oxygen atoms in total. The van der Waals surface area contributed by atoms with Gasteiger partial charge in [-0.2, -0.15) is 11.8 Å². The zero-order chi connectivity index (χ0) is 10.9. The highest BCUT2D eigenvalue weighted by Gasteiger charge is 2.17. The molecule has 1 aliphatic rings. The maximum Gasteiger partial charge on any atom is 0.0192 e. The fourth-order valence-electron chi connectivity index (χ4n) is 2.25. The van der Waals surface area contributed by atoms with E-state index in [1.165, 1.54) is 57.5 Å². The van der Waals surface area contributed by atoms with Gasteiger partial charge in [0.05, 0.1) is 0 Å². The number of hydrogen-bond donors (Lipinski definition) is 1. The molecular weight excluding hydrogens is 204 g/mol. The van der Waals surface area contributed by atoms with Gasteiger partial charge in [0.2, 0.25) is 0 Å². The number of thioether (sulfide) groups is 1. The third kappa shape index (κ3) is 5.79. The van der Waals surface area contributed by atoms with Gasteiger partial charge in [-0.05, 0) is 57.8 Å². The topological polar surface area (TPSA) is 15.3 Å². The van der Waals surface area contributed by atoms with Crippen LogP contribution in [0, 0.1) is 0 Å². The molecule has 1 N–H and O–H groups in total. The quantitative estimate of drug-likeness (QED) is 0.675. The molecule has 3 heteroatoms. The molecule has 1 atom stereocenters. The smallest absolute Gasteiger partial charge is 0.0192 e. The predicted molar refractivity (Wildman–Crippen MR) is 70.8 cm³/mol. The van der Waals surface area contributed by atoms with Crippen molar-refractivity contribution in [3.63, 3.8) is 0 Å². The maximum absolute atomic E-state index is 3.40. The second kappa shape index (κ2) is 8.43. The lowest BCUT2D eigenvalue weighted by atomic mass is 10.1. The molecule has 0 bridgehead atoms. The minimum Gasteiger partial charge on any atom is -0.316 e. The molecule has 0 aromatic heterocycles. The van der Waals surface area contributed by atoms with Gasteiger partial charge in [-0.15, -0.1) is 0 Å². The number of likely N-dealkylation sites (N-methyl/N-ethyl adjacent to an activating group) is 1. The first-order chi connectivity index (χ1) is 7.36. The second-order valence-corrected chi connectivity index (χ2v) is 5.47. The number of hydrogen-bond acceptors (Lipinski definition) is 3. The minimum absolute atomic E-state index is 0.741. The van der Waals surface area contributed by atoms with E-state index in [2.05, 4.69) is 23.5 Å². The van der Waals surface area contributed by atoms with Crippen LogP contribution in [0.1, 0.15) is 32.1 Å². The molecule has 0 saturated carbocycles. The summed E-state index contributed by atoms with van der Waals surface area (Å²) in [5.74, 6) is 1.33. The summed E-state index contributed by atoms with van der Waals surface area (Å²) in [6, 6.07) is 0.741. The summed E-state index contributed by atoms with van der Waals surface area (Å²) < 4.78 is 0. The van der Waals surface area contributed by atoms with Crippen molar-refractivity contribution < 1.29 is 0 Å². The lowest BCUT2D eigenvalue weighted by molar-refractivity contribution is 0.192. The number of unbranched alkanes of at least 4 members (excludes halogenated alkanes) is 2. The first-order valence-corrected chi connectivity index (χ1v) is 7.64. The minimum atomic E-state index is 0.741. The van der Waals surface area contributed by atoms with Crippen molar-refractivity contribution >= 4 is 11.8 Å². The van der Waals surface area contributed by atoms with E-state index in [1.807, 2.05) is 11.8 Å². The van der Waals surface area contributed by atoms with Crippen LogP contribution in [-0.4, -0.2) is 49.6 Å². The monoisotopic (exact) mass is 230 g/mol. The molecule has 15 heavy (non-hydrogen) atoms. The summed E-state index contributed by atoms with van der Waals surface area (Å²) in [5.41, 5.74) is 0. The summed E-state index contributed by atoms with van der Waals surface area (Å²) >= 11 is 1.97. The molecule has 1 heterocycles. The van der Waals surface area contributed by atoms with Gasteiger partial charge in [0, 0.05) is 12.6 Å². The van der Waals surface area contributed by atoms with E-state index in [-0.39, 0.29) is 0 Å². The van der Waals surface area contributed by atoms with E-state index in [1.54, 1.807) is 0 Å². The summed E-state index contributed by atoms with van der Waals surface area (Å²) in [7, 11) is 2.09. The van der Waals surface area contributed by atoms with E-state index >= 15 is 0 Å². The van der Waals surface area contributed by atoms with Crippen molar-refractivity contribution in [3.05, 3.63) is 0 Å². The van der Waals surface area contributed by atoms with Gasteiger partial charge in [0.1, 0.15) is 0 Å². The van der Waals surface area contributed by atoms with Crippen LogP contribution < -0.4 is 5.32 Å². The van der Waals surface area contributed by atoms with Crippen LogP contribution in [0.4, 0.5) is 0 Å². The van der Waals surface area contributed by atoms with Crippen LogP contribution in [0.5, 0.6) is 0 Å². The zero-order valence-electron chi connectivity index (χ0n) is 10.3. The van der Waals surface area contributed by atoms with Crippen LogP contribution in [0.25, 0.3) is 0 Å². The normalized spacial score (nSPS) is 23.2. The number of nitrogens with zero attached hydrogens (tertiary/aromatic N) is 1. The van der Waals surface area contributed by atoms with Crippen LogP contribution in [-0.2, 0) is 0 Å². The molecular formula is C12H26N2S. The Balaban J connectivity index is 2.00. The largest absolute Gasteiger partial charge is 0.316 e. The van der Waals surface area contributed by atoms with Crippen molar-refractivity contribution in [2.45, 2.75) is 38.1 Å². The average Bonchev–Trinajstić information content (AvgIpc) is 2.29. The van der Waals surface area contributed by atoms with E-state index in [4.69, 9.17) is 0 Å². The number of rotatable bonds is 7. The first-order valence-electron chi connectivity index (χ1n) is 6.25. The molecule has 0 amide bonds. The van der Waals surface area contributed by atoms with Gasteiger partial charge >= 0.3 is 0 Å². The molecule has 1 unspecified atom stereocenters. The molecule has 90 valence electrons. The van der Waals surface area contributed by atoms with E-state index < -0.39 is 0 Å². The highest BCUT2D eigenvalue weighted by molar-refractivity contribution is 7.98. The SMILES string of the molecule is CNC1CCCN(CCCCCSC)C1. The predicted octanol–water partition coefficient (Wildman–Crippen LogP) is 2.20. The Morgan fingerprint density at radius 1 is 1.33 bits per heavy atom. The average molecular weight is 230 g/mol. The standard InChI is InChI=1S/C12H26N2S/c1-13-12-7-6-9-14(11-12)8-4-3-5-10-15-2/h12-13H,3-11H2,1-2H3. The van der Waals surface area contributed by atoms with Gasteiger partial charge in [0.25, 0.3) is 0 Å². The van der Waals surface area contributed by atoms with Crippen molar-refractivity contribution in [2.24, 2.45) is 0 Å². The molecule has 0 aromatic carbocycles. The van der Waals surface area contributed by atoms with E-state index in [0.717, 1.165) is 6.04 Å². The molecule has 0 spiro atoms. The molecule has 0 radical (unpaired) electrons. The molecule has 0 aromatic rings. The highest BCUT2D eigenvalue weighted by Crippen LogP contribution is 2.11. The Bertz CT molecular complexity index is 153. The van der Waals surface area contributed by atoms with Crippen molar-refractivity contribution in [1.29, 1.82) is 0 Å². The Morgan fingerprint density at radius 2 is 2.20 bits per heavy atom. The Morgan fingerprint density at radius 3 is 2.93 bits per heavy atom. The van der Waals surface area contributed by atoms with Gasteiger partial charge in [-0.3, -0.25) is 0 Å². The fraction of sp³-hybridized carbons (Fsp3) is 1.00. The van der Waals surface area contributed by atoms with Crippen LogP contribution in [0.2, 0.25) is 0 Å². The molecule has 1 saturated heterocycles. The third-order valence-electron chi connectivity index (χ3n) is 3.24. The van der Waals surface area contributed by atoms with E-state index in [9.17, 15) is 0 Å². The van der Waals surface area contributed by atoms with Crippen LogP contribution in [0.3, 0.4) is 0 Å². The summed E-state index contributed by atoms with van der Waals surface area (Å²) in [4.78, 5) is 2.63. The van der Waals surface area contributed by atoms with Crippen LogP contribution >= 0.6 is 11.8 Å². The maximum atomic E-state index is 3.40. The molecule has 1 rings (SSSR count). The summed E-state index contributed by atoms with van der Waals surface area (Å²) in [6.07, 6.45) is 9.11. The third-order valence-corrected chi connectivity index (χ3v) is 3.93. The second-order valence-electron chi connectivity index (χ2n) is 4.48. The van der Waals surface area contributed by atoms with Crippen molar-refractivity contribution in [1.82, 2.24) is 10.2 Å². The fourth-order valence-corrected chi connectivity index (χ4v) is 2.75. The van der Waals surface area contributed by atoms with Gasteiger partial charge in [-0.1, -0.05) is 6.42 Å². The number of piperidine rings is 1. The highest BCUT2D eigenvalue weighted by atomic mass is 32.2. The molecule has 0 aliphatic carbocycles. The van der Waals surface area contributed by atoms with Crippen molar-refractivity contribution in [2.75, 3.05) is 38.7 Å². The Kier molecular flexibility index (Phi) is 7.49. The summed E-state index contributed by atoms with van der Waals surface area (Å²) in [5, 5.41) is 3.40. The van der Waals surface area contributed by atoms with Crippen molar-refractivity contribution in [3.8, 4) is 0 Å². The van der Waals surface area contributed by atoms with Gasteiger partial charge < -0.3 is 10.2 Å². The first kappa shape index (κ1) is 13.3. The lowest BCUT2D eigenvalue weighted by Crippen LogP contribution is -2.44. The lowest BCUT2D eigenvalue weighted by Gasteiger charge is -2.32. The summed E-state index contributed by atoms with van der Waals surface area (Å²) in [6.45, 7) is 3.90. The van der Waals surface area contributed by atoms with Gasteiger partial charge in [0.15, 0.2) is 0 Å². The molecule has 1 fully saturated rings. The Labute approximate surface area is 99.2 Å². The Hall–Kier alpha value is 0.270. The molecule has 1 aliphatic heterocycles. The van der Waals surface area contributed by atoms with Gasteiger partial charge in [-0.25, -0.2) is 0 Å². The zero-order valence-corrected chi connectivity index (χ0v) is 11.1. The van der Waals surface area contributed by atoms with Crippen LogP contribution in [0.15, 0.2) is 0 Å². The van der Waals surface area contributed by atoms with E-state index in [0.29, 0.717) is 0 Å². The number of nitrogens with one attached hydrogen (secondary N) is 1. The number of likely N-dealkylation sites (tertiary alicyclic amines) is 1.